The van der Waals surface area contributed by atoms with Crippen molar-refractivity contribution in [3.05, 3.63) is 29.2 Å². The average molecular weight is 149 g/mol. The van der Waals surface area contributed by atoms with Crippen LogP contribution in [-0.2, 0) is 0 Å². The van der Waals surface area contributed by atoms with Crippen LogP contribution in [-0.4, -0.2) is 0 Å². The van der Waals surface area contributed by atoms with Gasteiger partial charge in [0.05, 0.1) is 5.92 Å². The molecule has 60 valence electrons. The second kappa shape index (κ2) is 3.17. The summed E-state index contributed by atoms with van der Waals surface area (Å²) in [7, 11) is 0. The average Bonchev–Trinajstić information content (AvgIpc) is 1.85. The van der Waals surface area contributed by atoms with Gasteiger partial charge in [-0.1, -0.05) is 6.92 Å². The van der Waals surface area contributed by atoms with E-state index in [1.54, 1.807) is 0 Å². The van der Waals surface area contributed by atoms with E-state index in [1.807, 2.05) is 0 Å². The Morgan fingerprint density at radius 3 is 2.09 bits per heavy atom. The van der Waals surface area contributed by atoms with Crippen molar-refractivity contribution in [2.45, 2.75) is 34.1 Å². The van der Waals surface area contributed by atoms with Gasteiger partial charge in [0.15, 0.2) is 0 Å². The van der Waals surface area contributed by atoms with E-state index in [-0.39, 0.29) is 0 Å². The molecule has 0 aromatic rings. The highest BCUT2D eigenvalue weighted by molar-refractivity contribution is 5.36. The van der Waals surface area contributed by atoms with Crippen molar-refractivity contribution < 1.29 is 0 Å². The molecule has 1 aliphatic rings. The fourth-order valence-electron chi connectivity index (χ4n) is 1.96. The van der Waals surface area contributed by atoms with Crippen molar-refractivity contribution in [2.24, 2.45) is 5.92 Å². The van der Waals surface area contributed by atoms with Gasteiger partial charge in [0, 0.05) is 50.0 Å². The van der Waals surface area contributed by atoms with Crippen LogP contribution in [0.15, 0.2) is 23.3 Å². The Bertz CT molecular complexity index is 176. The van der Waals surface area contributed by atoms with E-state index in [0.717, 1.165) is 0 Å². The maximum Gasteiger partial charge on any atom is 0.0874 e. The Hall–Kier alpha value is -0.650. The predicted molar refractivity (Wildman–Crippen MR) is 50.2 cm³/mol. The smallest absolute Gasteiger partial charge is 0.0622 e. The van der Waals surface area contributed by atoms with Gasteiger partial charge in [0.25, 0.3) is 0 Å². The van der Waals surface area contributed by atoms with E-state index in [0.29, 0.717) is 5.92 Å². The fraction of sp³-hybridized carbons (Fsp3) is 0.545. The summed E-state index contributed by atoms with van der Waals surface area (Å²) < 4.78 is 0. The molecule has 0 atom stereocenters. The molecule has 0 saturated heterocycles. The normalized spacial score (nSPS) is 19.8. The first-order valence-electron chi connectivity index (χ1n) is 4.35. The Morgan fingerprint density at radius 1 is 1.27 bits per heavy atom. The standard InChI is InChI=1S/C11H17/c1-5-11-9(3)6-8(2)7-10(11)4/h6-7,11H,5H2,1-4H3/q+1. The topological polar surface area (TPSA) is 0 Å². The minimum Gasteiger partial charge on any atom is -0.0622 e. The monoisotopic (exact) mass is 149 g/mol. The summed E-state index contributed by atoms with van der Waals surface area (Å²) in [5, 5.41) is 0. The second-order valence-corrected chi connectivity index (χ2v) is 3.48. The lowest BCUT2D eigenvalue weighted by Gasteiger charge is -2.14. The first-order chi connectivity index (χ1) is 5.15. The Balaban J connectivity index is 2.82. The molecule has 1 rings (SSSR count). The minimum absolute atomic E-state index is 0.707. The highest BCUT2D eigenvalue weighted by atomic mass is 14.2. The number of rotatable bonds is 1. The van der Waals surface area contributed by atoms with Crippen LogP contribution < -0.4 is 0 Å². The fourth-order valence-corrected chi connectivity index (χ4v) is 1.96. The zero-order valence-electron chi connectivity index (χ0n) is 7.94. The van der Waals surface area contributed by atoms with Crippen LogP contribution in [0.25, 0.3) is 0 Å². The van der Waals surface area contributed by atoms with Crippen LogP contribution in [0.1, 0.15) is 34.1 Å². The SMILES string of the molecule is CCC1C(C)=C[C+](C)C=C1C. The highest BCUT2D eigenvalue weighted by Crippen LogP contribution is 2.30. The number of hydrogen-bond acceptors (Lipinski definition) is 0. The lowest BCUT2D eigenvalue weighted by atomic mass is 9.83. The van der Waals surface area contributed by atoms with Crippen molar-refractivity contribution in [2.75, 3.05) is 0 Å². The molecule has 0 spiro atoms. The lowest BCUT2D eigenvalue weighted by Crippen LogP contribution is -2.08. The molecule has 0 bridgehead atoms. The molecule has 0 unspecified atom stereocenters. The van der Waals surface area contributed by atoms with E-state index < -0.39 is 0 Å². The Labute approximate surface area is 70.0 Å². The van der Waals surface area contributed by atoms with Crippen molar-refractivity contribution in [3.8, 4) is 0 Å². The van der Waals surface area contributed by atoms with Gasteiger partial charge in [-0.2, -0.15) is 0 Å². The van der Waals surface area contributed by atoms with Gasteiger partial charge in [-0.15, -0.1) is 0 Å². The van der Waals surface area contributed by atoms with Gasteiger partial charge in [-0.25, -0.2) is 0 Å². The van der Waals surface area contributed by atoms with Crippen molar-refractivity contribution in [3.63, 3.8) is 0 Å². The van der Waals surface area contributed by atoms with E-state index in [2.05, 4.69) is 39.8 Å². The van der Waals surface area contributed by atoms with Crippen LogP contribution in [0, 0.1) is 11.8 Å². The molecule has 0 heterocycles. The third-order valence-electron chi connectivity index (χ3n) is 2.42. The molecule has 0 aromatic carbocycles. The third kappa shape index (κ3) is 1.68. The largest absolute Gasteiger partial charge is 0.0874 e. The zero-order valence-corrected chi connectivity index (χ0v) is 7.94. The quantitative estimate of drug-likeness (QED) is 0.500. The summed E-state index contributed by atoms with van der Waals surface area (Å²) in [5.74, 6) is 2.10. The second-order valence-electron chi connectivity index (χ2n) is 3.48. The first-order valence-corrected chi connectivity index (χ1v) is 4.35. The summed E-state index contributed by atoms with van der Waals surface area (Å²) in [6.45, 7) is 8.88. The summed E-state index contributed by atoms with van der Waals surface area (Å²) in [6.07, 6.45) is 5.82. The molecule has 0 aliphatic heterocycles. The van der Waals surface area contributed by atoms with Crippen molar-refractivity contribution in [1.29, 1.82) is 0 Å². The van der Waals surface area contributed by atoms with Gasteiger partial charge in [-0.3, -0.25) is 0 Å². The van der Waals surface area contributed by atoms with Crippen LogP contribution >= 0.6 is 0 Å². The molecule has 0 radical (unpaired) electrons. The third-order valence-corrected chi connectivity index (χ3v) is 2.42. The van der Waals surface area contributed by atoms with E-state index in [9.17, 15) is 0 Å². The summed E-state index contributed by atoms with van der Waals surface area (Å²) in [5.41, 5.74) is 3.04. The highest BCUT2D eigenvalue weighted by Gasteiger charge is 2.23. The summed E-state index contributed by atoms with van der Waals surface area (Å²) in [4.78, 5) is 0. The molecule has 0 heteroatoms. The van der Waals surface area contributed by atoms with Crippen LogP contribution in [0.4, 0.5) is 0 Å². The van der Waals surface area contributed by atoms with Gasteiger partial charge in [0.1, 0.15) is 0 Å². The summed E-state index contributed by atoms with van der Waals surface area (Å²) in [6, 6.07) is 0. The van der Waals surface area contributed by atoms with Gasteiger partial charge < -0.3 is 0 Å². The Morgan fingerprint density at radius 2 is 1.73 bits per heavy atom. The number of hydrogen-bond donors (Lipinski definition) is 0. The van der Waals surface area contributed by atoms with Crippen molar-refractivity contribution in [1.82, 2.24) is 0 Å². The summed E-state index contributed by atoms with van der Waals surface area (Å²) >= 11 is 0. The van der Waals surface area contributed by atoms with Gasteiger partial charge >= 0.3 is 0 Å². The van der Waals surface area contributed by atoms with Crippen molar-refractivity contribution >= 4 is 0 Å². The minimum atomic E-state index is 0.707. The molecular formula is C11H17+. The maximum absolute atomic E-state index is 2.29. The maximum atomic E-state index is 2.29. The van der Waals surface area contributed by atoms with Crippen LogP contribution in [0.3, 0.4) is 0 Å². The molecule has 0 N–H and O–H groups in total. The lowest BCUT2D eigenvalue weighted by molar-refractivity contribution is 0.671. The predicted octanol–water partition coefficient (Wildman–Crippen LogP) is 3.51. The van der Waals surface area contributed by atoms with E-state index in [1.165, 1.54) is 23.5 Å². The van der Waals surface area contributed by atoms with Crippen LogP contribution in [0.5, 0.6) is 0 Å². The molecule has 0 aromatic heterocycles. The first kappa shape index (κ1) is 8.45. The number of allylic oxidation sites excluding steroid dienone is 4. The molecule has 1 aliphatic carbocycles. The van der Waals surface area contributed by atoms with E-state index in [4.69, 9.17) is 0 Å². The zero-order chi connectivity index (χ0) is 8.43. The van der Waals surface area contributed by atoms with Gasteiger partial charge in [0.2, 0.25) is 0 Å². The Kier molecular flexibility index (Phi) is 2.43. The molecular weight excluding hydrogens is 132 g/mol. The molecule has 11 heavy (non-hydrogen) atoms. The molecule has 0 nitrogen and oxygen atoms in total. The van der Waals surface area contributed by atoms with Crippen LogP contribution in [0.2, 0.25) is 0 Å². The molecule has 0 fully saturated rings. The molecule has 0 amide bonds. The molecule has 0 saturated carbocycles. The van der Waals surface area contributed by atoms with E-state index >= 15 is 0 Å². The van der Waals surface area contributed by atoms with Gasteiger partial charge in [-0.05, 0) is 6.42 Å².